The van der Waals surface area contributed by atoms with E-state index < -0.39 is 10.5 Å². The van der Waals surface area contributed by atoms with Gasteiger partial charge in [-0.05, 0) is 6.54 Å². The van der Waals surface area contributed by atoms with Gasteiger partial charge in [-0.2, -0.15) is 0 Å². The number of rotatable bonds is 1. The fourth-order valence-electron chi connectivity index (χ4n) is 1.03. The van der Waals surface area contributed by atoms with Gasteiger partial charge in [0, 0.05) is 26.2 Å². The van der Waals surface area contributed by atoms with Crippen LogP contribution in [0, 0.1) is 0 Å². The summed E-state index contributed by atoms with van der Waals surface area (Å²) in [6.07, 6.45) is 0. The van der Waals surface area contributed by atoms with Gasteiger partial charge < -0.3 is 23.1 Å². The summed E-state index contributed by atoms with van der Waals surface area (Å²) in [5, 5.41) is 2.03. The Bertz CT molecular complexity index is 190. The summed E-state index contributed by atoms with van der Waals surface area (Å²) in [6, 6.07) is 0. The molecular formula is C8H21N4NaO2S2. The van der Waals surface area contributed by atoms with Crippen molar-refractivity contribution in [3.63, 3.8) is 0 Å². The van der Waals surface area contributed by atoms with Crippen LogP contribution in [0.4, 0.5) is 9.59 Å². The van der Waals surface area contributed by atoms with Gasteiger partial charge in [0.05, 0.1) is 0 Å². The Hall–Kier alpha value is 0.560. The van der Waals surface area contributed by atoms with Crippen molar-refractivity contribution in [1.29, 1.82) is 0 Å². The molecule has 0 spiro atoms. The van der Waals surface area contributed by atoms with Gasteiger partial charge in [0.2, 0.25) is 0 Å². The zero-order valence-electron chi connectivity index (χ0n) is 11.3. The summed E-state index contributed by atoms with van der Waals surface area (Å²) in [5.41, 5.74) is 8.67. The minimum atomic E-state index is -0.639. The first-order valence-corrected chi connectivity index (χ1v) is 5.69. The first-order chi connectivity index (χ1) is 7.40. The number of hydrogen-bond acceptors (Lipinski definition) is 4. The van der Waals surface area contributed by atoms with E-state index in [0.717, 1.165) is 0 Å². The molecule has 1 saturated heterocycles. The molecule has 0 aromatic rings. The van der Waals surface area contributed by atoms with Gasteiger partial charge in [-0.3, -0.25) is 9.59 Å². The second-order valence-corrected chi connectivity index (χ2v) is 3.74. The largest absolute Gasteiger partial charge is 1.00 e. The van der Waals surface area contributed by atoms with Crippen LogP contribution in [-0.4, -0.2) is 48.1 Å². The Morgan fingerprint density at radius 2 is 1.53 bits per heavy atom. The van der Waals surface area contributed by atoms with Crippen LogP contribution in [0.15, 0.2) is 0 Å². The third-order valence-electron chi connectivity index (χ3n) is 1.66. The maximum atomic E-state index is 9.09. The average molecular weight is 292 g/mol. The second-order valence-electron chi connectivity index (χ2n) is 2.86. The third kappa shape index (κ3) is 31.5. The van der Waals surface area contributed by atoms with Gasteiger partial charge >= 0.3 is 29.6 Å². The SMILES string of the molecule is CCN1CCNCC1.NC(=O)S.NC(=O)S.[H-].[Na+]. The zero-order valence-corrected chi connectivity index (χ0v) is 14.1. The fourth-order valence-corrected chi connectivity index (χ4v) is 1.03. The first-order valence-electron chi connectivity index (χ1n) is 4.80. The Balaban J connectivity index is -0.0000000860. The van der Waals surface area contributed by atoms with Crippen molar-refractivity contribution in [1.82, 2.24) is 10.2 Å². The van der Waals surface area contributed by atoms with Crippen molar-refractivity contribution in [3.05, 3.63) is 0 Å². The number of carbonyl (C=O) groups is 2. The third-order valence-corrected chi connectivity index (χ3v) is 1.66. The van der Waals surface area contributed by atoms with Crippen molar-refractivity contribution in [2.45, 2.75) is 6.92 Å². The average Bonchev–Trinajstić information content (AvgIpc) is 2.17. The van der Waals surface area contributed by atoms with Crippen LogP contribution >= 0.6 is 25.3 Å². The number of thiol groups is 2. The van der Waals surface area contributed by atoms with E-state index in [1.165, 1.54) is 32.7 Å². The summed E-state index contributed by atoms with van der Waals surface area (Å²) in [5.74, 6) is 0. The van der Waals surface area contributed by atoms with E-state index in [9.17, 15) is 0 Å². The molecule has 9 heteroatoms. The molecule has 0 saturated carbocycles. The number of likely N-dealkylation sites (N-methyl/N-ethyl adjacent to an activating group) is 1. The Kier molecular flexibility index (Phi) is 22.1. The monoisotopic (exact) mass is 292 g/mol. The van der Waals surface area contributed by atoms with Gasteiger partial charge in [-0.1, -0.05) is 32.2 Å². The van der Waals surface area contributed by atoms with E-state index in [4.69, 9.17) is 9.59 Å². The van der Waals surface area contributed by atoms with Crippen molar-refractivity contribution >= 4 is 35.7 Å². The molecule has 0 aromatic carbocycles. The predicted octanol–water partition coefficient (Wildman–Crippen LogP) is -2.98. The number of hydrogen-bond donors (Lipinski definition) is 5. The molecule has 1 fully saturated rings. The molecule has 0 aromatic heterocycles. The number of piperazine rings is 1. The Labute approximate surface area is 137 Å². The van der Waals surface area contributed by atoms with Crippen LogP contribution in [0.1, 0.15) is 8.35 Å². The quantitative estimate of drug-likeness (QED) is 0.263. The maximum Gasteiger partial charge on any atom is 1.00 e. The summed E-state index contributed by atoms with van der Waals surface area (Å²) >= 11 is 6.21. The van der Waals surface area contributed by atoms with Crippen molar-refractivity contribution in [2.75, 3.05) is 32.7 Å². The molecule has 17 heavy (non-hydrogen) atoms. The van der Waals surface area contributed by atoms with Crippen LogP contribution in [-0.2, 0) is 0 Å². The molecule has 2 amide bonds. The number of nitrogens with two attached hydrogens (primary N) is 2. The van der Waals surface area contributed by atoms with Gasteiger partial charge in [0.25, 0.3) is 10.5 Å². The van der Waals surface area contributed by atoms with E-state index >= 15 is 0 Å². The molecule has 0 aliphatic carbocycles. The summed E-state index contributed by atoms with van der Waals surface area (Å²) in [7, 11) is 0. The minimum absolute atomic E-state index is 0. The van der Waals surface area contributed by atoms with Crippen molar-refractivity contribution in [2.24, 2.45) is 11.5 Å². The molecule has 1 aliphatic heterocycles. The normalized spacial score (nSPS) is 14.1. The molecule has 6 nitrogen and oxygen atoms in total. The zero-order chi connectivity index (χ0) is 13.0. The van der Waals surface area contributed by atoms with Crippen LogP contribution < -0.4 is 46.3 Å². The number of amides is 2. The van der Waals surface area contributed by atoms with E-state index in [1.807, 2.05) is 0 Å². The molecule has 1 heterocycles. The molecule has 0 bridgehead atoms. The molecule has 1 aliphatic rings. The molecular weight excluding hydrogens is 271 g/mol. The van der Waals surface area contributed by atoms with Gasteiger partial charge in [-0.15, -0.1) is 0 Å². The molecule has 0 unspecified atom stereocenters. The smallest absolute Gasteiger partial charge is 1.00 e. The minimum Gasteiger partial charge on any atom is -1.00 e. The van der Waals surface area contributed by atoms with Crippen LogP contribution in [0.5, 0.6) is 0 Å². The van der Waals surface area contributed by atoms with Crippen LogP contribution in [0.3, 0.4) is 0 Å². The molecule has 98 valence electrons. The summed E-state index contributed by atoms with van der Waals surface area (Å²) < 4.78 is 0. The van der Waals surface area contributed by atoms with E-state index in [2.05, 4.69) is 53.9 Å². The summed E-state index contributed by atoms with van der Waals surface area (Å²) in [4.78, 5) is 20.6. The predicted molar refractivity (Wildman–Crippen MR) is 73.2 cm³/mol. The molecule has 0 radical (unpaired) electrons. The van der Waals surface area contributed by atoms with Crippen molar-refractivity contribution < 1.29 is 40.6 Å². The maximum absolute atomic E-state index is 9.09. The molecule has 0 atom stereocenters. The van der Waals surface area contributed by atoms with Gasteiger partial charge in [0.15, 0.2) is 0 Å². The van der Waals surface area contributed by atoms with Crippen LogP contribution in [0.25, 0.3) is 0 Å². The first kappa shape index (κ1) is 22.7. The van der Waals surface area contributed by atoms with E-state index in [0.29, 0.717) is 0 Å². The number of nitrogens with zero attached hydrogens (tertiary/aromatic N) is 1. The van der Waals surface area contributed by atoms with E-state index in [1.54, 1.807) is 0 Å². The Morgan fingerprint density at radius 1 is 1.24 bits per heavy atom. The molecule has 5 N–H and O–H groups in total. The summed E-state index contributed by atoms with van der Waals surface area (Å²) in [6.45, 7) is 8.24. The van der Waals surface area contributed by atoms with Crippen molar-refractivity contribution in [3.8, 4) is 0 Å². The standard InChI is InChI=1S/C6H14N2.2CH3NOS.Na.H/c1-2-8-5-3-7-4-6-8;2*2-1(3)4;;/h7H,2-6H2,1H3;2*(H3,2,3,4);;/q;;;+1;-1. The Morgan fingerprint density at radius 3 is 1.71 bits per heavy atom. The number of carbonyl (C=O) groups excluding carboxylic acids is 2. The number of primary amides is 2. The van der Waals surface area contributed by atoms with E-state index in [-0.39, 0.29) is 31.0 Å². The topological polar surface area (TPSA) is 101 Å². The fraction of sp³-hybridized carbons (Fsp3) is 0.750. The van der Waals surface area contributed by atoms with Gasteiger partial charge in [0.1, 0.15) is 0 Å². The number of nitrogens with one attached hydrogen (secondary N) is 1. The van der Waals surface area contributed by atoms with Gasteiger partial charge in [-0.25, -0.2) is 0 Å². The molecule has 1 rings (SSSR count). The second kappa shape index (κ2) is 16.6. The van der Waals surface area contributed by atoms with Crippen LogP contribution in [0.2, 0.25) is 0 Å².